The summed E-state index contributed by atoms with van der Waals surface area (Å²) in [6.07, 6.45) is 1.03. The van der Waals surface area contributed by atoms with Gasteiger partial charge in [0.2, 0.25) is 0 Å². The van der Waals surface area contributed by atoms with Crippen molar-refractivity contribution >= 4 is 5.97 Å². The van der Waals surface area contributed by atoms with Gasteiger partial charge in [-0.25, -0.2) is 13.6 Å². The lowest BCUT2D eigenvalue weighted by atomic mass is 9.83. The fraction of sp³-hybridized carbons (Fsp3) is 0.316. The van der Waals surface area contributed by atoms with Gasteiger partial charge in [-0.2, -0.15) is 0 Å². The maximum absolute atomic E-state index is 14.3. The molecule has 124 valence electrons. The van der Waals surface area contributed by atoms with Crippen LogP contribution in [0.3, 0.4) is 0 Å². The van der Waals surface area contributed by atoms with Gasteiger partial charge in [0, 0.05) is 44.1 Å². The van der Waals surface area contributed by atoms with Crippen molar-refractivity contribution < 1.29 is 18.3 Å². The minimum absolute atomic E-state index is 0.0315. The lowest BCUT2D eigenvalue weighted by Gasteiger charge is -2.38. The number of hydrogen-bond donors (Lipinski definition) is 0. The molecule has 2 aromatic rings. The molecular weight excluding hydrogens is 312 g/mol. The number of piperidine rings is 1. The number of fused-ring (bicyclic) bond motifs is 2. The lowest BCUT2D eigenvalue weighted by molar-refractivity contribution is -0.0454. The standard InChI is InChI=1S/C19H17F2NO2/c20-14-10-15-17(16(21)11-14)19(24-18(15)23)6-8-22(9-7-19)12-13-4-2-1-3-5-13/h1-5,10-11H,6-9,12H2. The van der Waals surface area contributed by atoms with E-state index in [1.54, 1.807) is 0 Å². The number of benzene rings is 2. The van der Waals surface area contributed by atoms with Crippen LogP contribution in [0.4, 0.5) is 8.78 Å². The molecule has 0 unspecified atom stereocenters. The Labute approximate surface area is 138 Å². The number of halogens is 2. The van der Waals surface area contributed by atoms with Gasteiger partial charge in [0.1, 0.15) is 17.2 Å². The highest BCUT2D eigenvalue weighted by Crippen LogP contribution is 2.45. The van der Waals surface area contributed by atoms with E-state index in [4.69, 9.17) is 4.74 Å². The van der Waals surface area contributed by atoms with Crippen LogP contribution in [-0.4, -0.2) is 24.0 Å². The Bertz CT molecular complexity index is 783. The van der Waals surface area contributed by atoms with Crippen molar-refractivity contribution in [1.29, 1.82) is 0 Å². The number of rotatable bonds is 2. The van der Waals surface area contributed by atoms with Crippen LogP contribution in [0.5, 0.6) is 0 Å². The quantitative estimate of drug-likeness (QED) is 0.788. The maximum Gasteiger partial charge on any atom is 0.339 e. The van der Waals surface area contributed by atoms with Gasteiger partial charge < -0.3 is 4.74 Å². The fourth-order valence-corrected chi connectivity index (χ4v) is 3.75. The molecule has 0 aromatic heterocycles. The van der Waals surface area contributed by atoms with Crippen LogP contribution in [-0.2, 0) is 16.9 Å². The van der Waals surface area contributed by atoms with Crippen LogP contribution >= 0.6 is 0 Å². The molecule has 1 saturated heterocycles. The average Bonchev–Trinajstić information content (AvgIpc) is 2.83. The zero-order chi connectivity index (χ0) is 16.7. The second-order valence-corrected chi connectivity index (χ2v) is 6.46. The third-order valence-electron chi connectivity index (χ3n) is 4.93. The van der Waals surface area contributed by atoms with E-state index < -0.39 is 23.2 Å². The molecular formula is C19H17F2NO2. The molecule has 2 aliphatic heterocycles. The molecule has 2 heterocycles. The molecule has 2 aliphatic rings. The van der Waals surface area contributed by atoms with Gasteiger partial charge in [0.25, 0.3) is 0 Å². The minimum atomic E-state index is -0.947. The van der Waals surface area contributed by atoms with Crippen LogP contribution in [0.25, 0.3) is 0 Å². The minimum Gasteiger partial charge on any atom is -0.450 e. The summed E-state index contributed by atoms with van der Waals surface area (Å²) in [5, 5.41) is 0. The second-order valence-electron chi connectivity index (χ2n) is 6.46. The monoisotopic (exact) mass is 329 g/mol. The molecule has 0 N–H and O–H groups in total. The topological polar surface area (TPSA) is 29.5 Å². The number of nitrogens with zero attached hydrogens (tertiary/aromatic N) is 1. The first-order valence-electron chi connectivity index (χ1n) is 8.07. The fourth-order valence-electron chi connectivity index (χ4n) is 3.75. The molecule has 24 heavy (non-hydrogen) atoms. The van der Waals surface area contributed by atoms with Crippen molar-refractivity contribution in [3.8, 4) is 0 Å². The number of esters is 1. The number of likely N-dealkylation sites (tertiary alicyclic amines) is 1. The van der Waals surface area contributed by atoms with Crippen molar-refractivity contribution in [3.05, 3.63) is 70.8 Å². The van der Waals surface area contributed by atoms with Gasteiger partial charge >= 0.3 is 5.97 Å². The Morgan fingerprint density at radius 1 is 1.08 bits per heavy atom. The molecule has 1 spiro atoms. The van der Waals surface area contributed by atoms with E-state index in [1.165, 1.54) is 5.56 Å². The largest absolute Gasteiger partial charge is 0.450 e. The molecule has 0 amide bonds. The predicted octanol–water partition coefficient (Wildman–Crippen LogP) is 3.63. The van der Waals surface area contributed by atoms with Gasteiger partial charge in [0.05, 0.1) is 5.56 Å². The zero-order valence-corrected chi connectivity index (χ0v) is 13.1. The highest BCUT2D eigenvalue weighted by atomic mass is 19.1. The summed E-state index contributed by atoms with van der Waals surface area (Å²) in [6, 6.07) is 12.0. The molecule has 2 aromatic carbocycles. The third kappa shape index (κ3) is 2.49. The molecule has 0 atom stereocenters. The van der Waals surface area contributed by atoms with Crippen LogP contribution in [0.15, 0.2) is 42.5 Å². The Kier molecular flexibility index (Phi) is 3.61. The van der Waals surface area contributed by atoms with Crippen LogP contribution in [0.2, 0.25) is 0 Å². The first-order valence-corrected chi connectivity index (χ1v) is 8.07. The summed E-state index contributed by atoms with van der Waals surface area (Å²) in [5.74, 6) is -2.06. The SMILES string of the molecule is O=C1OC2(CCN(Cc3ccccc3)CC2)c2c(F)cc(F)cc21. The first-order chi connectivity index (χ1) is 11.6. The Morgan fingerprint density at radius 3 is 2.50 bits per heavy atom. The van der Waals surface area contributed by atoms with E-state index in [0.29, 0.717) is 25.9 Å². The van der Waals surface area contributed by atoms with Crippen molar-refractivity contribution in [1.82, 2.24) is 4.90 Å². The first kappa shape index (κ1) is 15.3. The lowest BCUT2D eigenvalue weighted by Crippen LogP contribution is -2.42. The van der Waals surface area contributed by atoms with Crippen molar-refractivity contribution in [2.45, 2.75) is 25.0 Å². The highest BCUT2D eigenvalue weighted by Gasteiger charge is 2.49. The van der Waals surface area contributed by atoms with Gasteiger partial charge in [-0.05, 0) is 11.6 Å². The Hall–Kier alpha value is -2.27. The smallest absolute Gasteiger partial charge is 0.339 e. The molecule has 1 fully saturated rings. The average molecular weight is 329 g/mol. The van der Waals surface area contributed by atoms with Crippen molar-refractivity contribution in [2.24, 2.45) is 0 Å². The molecule has 0 aliphatic carbocycles. The van der Waals surface area contributed by atoms with E-state index in [1.807, 2.05) is 18.2 Å². The summed E-state index contributed by atoms with van der Waals surface area (Å²) in [7, 11) is 0. The van der Waals surface area contributed by atoms with Gasteiger partial charge in [-0.15, -0.1) is 0 Å². The number of carbonyl (C=O) groups is 1. The zero-order valence-electron chi connectivity index (χ0n) is 13.1. The van der Waals surface area contributed by atoms with Crippen LogP contribution < -0.4 is 0 Å². The molecule has 0 radical (unpaired) electrons. The Morgan fingerprint density at radius 2 is 1.79 bits per heavy atom. The van der Waals surface area contributed by atoms with Crippen molar-refractivity contribution in [3.63, 3.8) is 0 Å². The van der Waals surface area contributed by atoms with E-state index in [2.05, 4.69) is 17.0 Å². The molecule has 0 saturated carbocycles. The maximum atomic E-state index is 14.3. The summed E-state index contributed by atoms with van der Waals surface area (Å²) in [4.78, 5) is 14.3. The third-order valence-corrected chi connectivity index (χ3v) is 4.93. The summed E-state index contributed by atoms with van der Waals surface area (Å²) in [5.41, 5.74) is 0.528. The van der Waals surface area contributed by atoms with Crippen LogP contribution in [0.1, 0.15) is 34.3 Å². The van der Waals surface area contributed by atoms with Gasteiger partial charge in [-0.3, -0.25) is 4.90 Å². The Balaban J connectivity index is 1.55. The summed E-state index contributed by atoms with van der Waals surface area (Å²) < 4.78 is 33.2. The van der Waals surface area contributed by atoms with Gasteiger partial charge in [0.15, 0.2) is 0 Å². The van der Waals surface area contributed by atoms with Crippen molar-refractivity contribution in [2.75, 3.05) is 13.1 Å². The summed E-state index contributed by atoms with van der Waals surface area (Å²) in [6.45, 7) is 2.19. The number of hydrogen-bond acceptors (Lipinski definition) is 3. The highest BCUT2D eigenvalue weighted by molar-refractivity contribution is 5.94. The molecule has 5 heteroatoms. The molecule has 4 rings (SSSR count). The normalized spacial score (nSPS) is 19.3. The molecule has 0 bridgehead atoms. The van der Waals surface area contributed by atoms with E-state index >= 15 is 0 Å². The van der Waals surface area contributed by atoms with Crippen LogP contribution in [0, 0.1) is 11.6 Å². The summed E-state index contributed by atoms with van der Waals surface area (Å²) >= 11 is 0. The van der Waals surface area contributed by atoms with E-state index in [-0.39, 0.29) is 11.1 Å². The predicted molar refractivity (Wildman–Crippen MR) is 84.4 cm³/mol. The van der Waals surface area contributed by atoms with E-state index in [0.717, 1.165) is 18.7 Å². The molecule has 3 nitrogen and oxygen atoms in total. The van der Waals surface area contributed by atoms with E-state index in [9.17, 15) is 13.6 Å². The van der Waals surface area contributed by atoms with Gasteiger partial charge in [-0.1, -0.05) is 30.3 Å². The number of carbonyl (C=O) groups excluding carboxylic acids is 1. The second kappa shape index (κ2) is 5.67. The number of ether oxygens (including phenoxy) is 1.